The lowest BCUT2D eigenvalue weighted by molar-refractivity contribution is -0.130. The van der Waals surface area contributed by atoms with Crippen molar-refractivity contribution >= 4 is 5.91 Å². The molecule has 1 aliphatic heterocycles. The second kappa shape index (κ2) is 8.55. The average molecular weight is 291 g/mol. The van der Waals surface area contributed by atoms with Gasteiger partial charge in [0.1, 0.15) is 6.61 Å². The molecule has 2 rings (SSSR count). The van der Waals surface area contributed by atoms with Crippen LogP contribution in [0.2, 0.25) is 0 Å². The van der Waals surface area contributed by atoms with Crippen molar-refractivity contribution in [2.75, 3.05) is 13.2 Å². The summed E-state index contributed by atoms with van der Waals surface area (Å²) in [5.41, 5.74) is 0. The lowest BCUT2D eigenvalue weighted by Crippen LogP contribution is -2.44. The Kier molecular flexibility index (Phi) is 6.38. The van der Waals surface area contributed by atoms with Gasteiger partial charge in [0.25, 0.3) is 5.91 Å². The zero-order valence-electron chi connectivity index (χ0n) is 12.8. The van der Waals surface area contributed by atoms with Crippen LogP contribution in [-0.4, -0.2) is 25.2 Å². The van der Waals surface area contributed by atoms with Gasteiger partial charge in [-0.15, -0.1) is 0 Å². The van der Waals surface area contributed by atoms with Crippen LogP contribution in [0.5, 0.6) is 11.5 Å². The third-order valence-electron chi connectivity index (χ3n) is 3.63. The molecule has 21 heavy (non-hydrogen) atoms. The van der Waals surface area contributed by atoms with Gasteiger partial charge in [0.15, 0.2) is 11.5 Å². The van der Waals surface area contributed by atoms with E-state index in [-0.39, 0.29) is 12.5 Å². The predicted molar refractivity (Wildman–Crippen MR) is 82.7 cm³/mol. The topological polar surface area (TPSA) is 47.6 Å². The van der Waals surface area contributed by atoms with Gasteiger partial charge in [-0.2, -0.15) is 0 Å². The number of carbonyl (C=O) groups is 1. The maximum absolute atomic E-state index is 12.0. The molecule has 4 nitrogen and oxygen atoms in total. The molecule has 0 fully saturated rings. The fraction of sp³-hybridized carbons (Fsp3) is 0.588. The summed E-state index contributed by atoms with van der Waals surface area (Å²) in [5.74, 6) is 1.26. The SMILES string of the molecule is CCCCCCCCNC(=O)C1COc2ccccc2O1. The van der Waals surface area contributed by atoms with E-state index in [0.717, 1.165) is 6.42 Å². The molecular formula is C17H25NO3. The molecule has 116 valence electrons. The third kappa shape index (κ3) is 4.96. The first-order chi connectivity index (χ1) is 10.3. The predicted octanol–water partition coefficient (Wildman–Crippen LogP) is 3.30. The van der Waals surface area contributed by atoms with Gasteiger partial charge in [0, 0.05) is 6.54 Å². The molecule has 1 aliphatic rings. The largest absolute Gasteiger partial charge is 0.485 e. The minimum Gasteiger partial charge on any atom is -0.485 e. The average Bonchev–Trinajstić information content (AvgIpc) is 2.53. The Morgan fingerprint density at radius 1 is 1.14 bits per heavy atom. The van der Waals surface area contributed by atoms with Crippen molar-refractivity contribution in [3.63, 3.8) is 0 Å². The molecule has 1 aromatic carbocycles. The minimum atomic E-state index is -0.542. The summed E-state index contributed by atoms with van der Waals surface area (Å²) >= 11 is 0. The molecule has 0 saturated carbocycles. The molecule has 1 aromatic rings. The molecule has 1 N–H and O–H groups in total. The number of amides is 1. The molecule has 0 bridgehead atoms. The number of para-hydroxylation sites is 2. The van der Waals surface area contributed by atoms with Crippen molar-refractivity contribution in [2.45, 2.75) is 51.6 Å². The Hall–Kier alpha value is -1.71. The van der Waals surface area contributed by atoms with E-state index in [4.69, 9.17) is 9.47 Å². The fourth-order valence-corrected chi connectivity index (χ4v) is 2.38. The molecule has 1 unspecified atom stereocenters. The van der Waals surface area contributed by atoms with E-state index in [1.807, 2.05) is 24.3 Å². The number of ether oxygens (including phenoxy) is 2. The number of carbonyl (C=O) groups excluding carboxylic acids is 1. The van der Waals surface area contributed by atoms with Crippen molar-refractivity contribution in [2.24, 2.45) is 0 Å². The van der Waals surface area contributed by atoms with Crippen LogP contribution in [0.15, 0.2) is 24.3 Å². The van der Waals surface area contributed by atoms with Crippen molar-refractivity contribution in [3.05, 3.63) is 24.3 Å². The highest BCUT2D eigenvalue weighted by Gasteiger charge is 2.26. The molecule has 0 aliphatic carbocycles. The second-order valence-corrected chi connectivity index (χ2v) is 5.42. The fourth-order valence-electron chi connectivity index (χ4n) is 2.38. The summed E-state index contributed by atoms with van der Waals surface area (Å²) in [6.45, 7) is 3.20. The van der Waals surface area contributed by atoms with Crippen molar-refractivity contribution in [1.29, 1.82) is 0 Å². The number of fused-ring (bicyclic) bond motifs is 1. The standard InChI is InChI=1S/C17H25NO3/c1-2-3-4-5-6-9-12-18-17(19)16-13-20-14-10-7-8-11-15(14)21-16/h7-8,10-11,16H,2-6,9,12-13H2,1H3,(H,18,19). The molecule has 4 heteroatoms. The Labute approximate surface area is 126 Å². The highest BCUT2D eigenvalue weighted by molar-refractivity contribution is 5.81. The van der Waals surface area contributed by atoms with E-state index in [1.165, 1.54) is 32.1 Å². The molecule has 1 atom stereocenters. The smallest absolute Gasteiger partial charge is 0.264 e. The van der Waals surface area contributed by atoms with Gasteiger partial charge in [-0.05, 0) is 18.6 Å². The molecule has 0 spiro atoms. The van der Waals surface area contributed by atoms with Crippen molar-refractivity contribution in [1.82, 2.24) is 5.32 Å². The number of hydrogen-bond acceptors (Lipinski definition) is 3. The number of unbranched alkanes of at least 4 members (excludes halogenated alkanes) is 5. The number of hydrogen-bond donors (Lipinski definition) is 1. The van der Waals surface area contributed by atoms with Crippen LogP contribution >= 0.6 is 0 Å². The quantitative estimate of drug-likeness (QED) is 0.748. The van der Waals surface area contributed by atoms with Gasteiger partial charge in [-0.1, -0.05) is 51.2 Å². The van der Waals surface area contributed by atoms with Crippen LogP contribution in [0.4, 0.5) is 0 Å². The minimum absolute atomic E-state index is 0.0851. The Balaban J connectivity index is 1.64. The lowest BCUT2D eigenvalue weighted by Gasteiger charge is -2.25. The van der Waals surface area contributed by atoms with Gasteiger partial charge >= 0.3 is 0 Å². The van der Waals surface area contributed by atoms with Crippen LogP contribution in [0.25, 0.3) is 0 Å². The summed E-state index contributed by atoms with van der Waals surface area (Å²) in [5, 5.41) is 2.93. The molecule has 0 saturated heterocycles. The van der Waals surface area contributed by atoms with Crippen LogP contribution < -0.4 is 14.8 Å². The summed E-state index contributed by atoms with van der Waals surface area (Å²) in [6.07, 6.45) is 6.77. The Bertz CT molecular complexity index is 447. The normalized spacial score (nSPS) is 16.5. The Morgan fingerprint density at radius 2 is 1.86 bits per heavy atom. The first-order valence-electron chi connectivity index (χ1n) is 7.97. The number of benzene rings is 1. The third-order valence-corrected chi connectivity index (χ3v) is 3.63. The molecule has 1 heterocycles. The van der Waals surface area contributed by atoms with E-state index in [9.17, 15) is 4.79 Å². The van der Waals surface area contributed by atoms with E-state index in [1.54, 1.807) is 0 Å². The Morgan fingerprint density at radius 3 is 2.67 bits per heavy atom. The van der Waals surface area contributed by atoms with Gasteiger partial charge < -0.3 is 14.8 Å². The maximum Gasteiger partial charge on any atom is 0.264 e. The molecule has 1 amide bonds. The van der Waals surface area contributed by atoms with Crippen LogP contribution in [0.1, 0.15) is 45.4 Å². The molecule has 0 radical (unpaired) electrons. The highest BCUT2D eigenvalue weighted by atomic mass is 16.6. The monoisotopic (exact) mass is 291 g/mol. The van der Waals surface area contributed by atoms with Crippen LogP contribution in [0.3, 0.4) is 0 Å². The van der Waals surface area contributed by atoms with Gasteiger partial charge in [0.05, 0.1) is 0 Å². The molecule has 0 aromatic heterocycles. The summed E-state index contributed by atoms with van der Waals surface area (Å²) in [6, 6.07) is 7.43. The first kappa shape index (κ1) is 15.7. The van der Waals surface area contributed by atoms with Gasteiger partial charge in [0.2, 0.25) is 6.10 Å². The zero-order chi connectivity index (χ0) is 14.9. The summed E-state index contributed by atoms with van der Waals surface area (Å²) in [7, 11) is 0. The number of rotatable bonds is 8. The van der Waals surface area contributed by atoms with Crippen LogP contribution in [-0.2, 0) is 4.79 Å². The highest BCUT2D eigenvalue weighted by Crippen LogP contribution is 2.30. The summed E-state index contributed by atoms with van der Waals surface area (Å²) < 4.78 is 11.2. The van der Waals surface area contributed by atoms with E-state index >= 15 is 0 Å². The van der Waals surface area contributed by atoms with Gasteiger partial charge in [-0.25, -0.2) is 0 Å². The first-order valence-corrected chi connectivity index (χ1v) is 7.97. The van der Waals surface area contributed by atoms with E-state index < -0.39 is 6.10 Å². The second-order valence-electron chi connectivity index (χ2n) is 5.42. The summed E-state index contributed by atoms with van der Waals surface area (Å²) in [4.78, 5) is 12.0. The van der Waals surface area contributed by atoms with Crippen LogP contribution in [0, 0.1) is 0 Å². The maximum atomic E-state index is 12.0. The van der Waals surface area contributed by atoms with E-state index in [0.29, 0.717) is 18.0 Å². The van der Waals surface area contributed by atoms with Crippen molar-refractivity contribution < 1.29 is 14.3 Å². The van der Waals surface area contributed by atoms with Gasteiger partial charge in [-0.3, -0.25) is 4.79 Å². The lowest BCUT2D eigenvalue weighted by atomic mass is 10.1. The molecular weight excluding hydrogens is 266 g/mol. The van der Waals surface area contributed by atoms with Crippen molar-refractivity contribution in [3.8, 4) is 11.5 Å². The van der Waals surface area contributed by atoms with E-state index in [2.05, 4.69) is 12.2 Å². The number of nitrogens with one attached hydrogen (secondary N) is 1. The zero-order valence-corrected chi connectivity index (χ0v) is 12.8.